The quantitative estimate of drug-likeness (QED) is 0.506. The van der Waals surface area contributed by atoms with Gasteiger partial charge < -0.3 is 0 Å². The highest BCUT2D eigenvalue weighted by Gasteiger charge is 2.09. The zero-order chi connectivity index (χ0) is 18.4. The molecule has 2 aliphatic rings. The summed E-state index contributed by atoms with van der Waals surface area (Å²) in [6.45, 7) is 5.88. The van der Waals surface area contributed by atoms with Gasteiger partial charge in [-0.25, -0.2) is 4.99 Å². The molecule has 0 fully saturated rings. The van der Waals surface area contributed by atoms with E-state index in [1.165, 1.54) is 5.56 Å². The maximum absolute atomic E-state index is 5.85. The van der Waals surface area contributed by atoms with Gasteiger partial charge in [0.15, 0.2) is 0 Å². The molecule has 0 saturated carbocycles. The lowest BCUT2D eigenvalue weighted by atomic mass is 9.97. The number of hydrogen-bond donors (Lipinski definition) is 0. The normalized spacial score (nSPS) is 20.7. The van der Waals surface area contributed by atoms with Crippen LogP contribution in [-0.4, -0.2) is 17.4 Å². The van der Waals surface area contributed by atoms with E-state index < -0.39 is 0 Å². The number of benzene rings is 1. The summed E-state index contributed by atoms with van der Waals surface area (Å²) in [6.07, 6.45) is 14.9. The Hall–Kier alpha value is -2.89. The summed E-state index contributed by atoms with van der Waals surface area (Å²) in [5.41, 5.74) is 4.38. The van der Waals surface area contributed by atoms with Crippen molar-refractivity contribution in [2.45, 2.75) is 18.9 Å². The molecule has 0 spiro atoms. The second kappa shape index (κ2) is 8.47. The van der Waals surface area contributed by atoms with Crippen LogP contribution in [0.1, 0.15) is 24.0 Å². The van der Waals surface area contributed by atoms with E-state index >= 15 is 0 Å². The van der Waals surface area contributed by atoms with Crippen molar-refractivity contribution in [1.29, 1.82) is 0 Å². The Kier molecular flexibility index (Phi) is 5.84. The number of nitrogens with zero attached hydrogens (tertiary/aromatic N) is 2. The zero-order valence-electron chi connectivity index (χ0n) is 14.6. The fourth-order valence-corrected chi connectivity index (χ4v) is 2.71. The average molecular weight is 359 g/mol. The minimum absolute atomic E-state index is 0.0906. The van der Waals surface area contributed by atoms with Gasteiger partial charge in [0.25, 0.3) is 0 Å². The number of aliphatic imine (C=N–C) groups is 2. The Morgan fingerprint density at radius 3 is 2.77 bits per heavy atom. The van der Waals surface area contributed by atoms with Crippen molar-refractivity contribution in [1.82, 2.24) is 0 Å². The van der Waals surface area contributed by atoms with Crippen LogP contribution in [0.2, 0.25) is 0 Å². The van der Waals surface area contributed by atoms with Gasteiger partial charge in [-0.2, -0.15) is 0 Å². The Morgan fingerprint density at radius 1 is 1.23 bits per heavy atom. The maximum atomic E-state index is 5.85. The summed E-state index contributed by atoms with van der Waals surface area (Å²) in [6, 6.07) is 8.57. The van der Waals surface area contributed by atoms with E-state index in [-0.39, 0.29) is 12.0 Å². The number of halogens is 1. The van der Waals surface area contributed by atoms with Gasteiger partial charge in [-0.15, -0.1) is 6.58 Å². The Bertz CT molecular complexity index is 929. The lowest BCUT2D eigenvalue weighted by Gasteiger charge is -2.06. The fraction of sp³-hybridized carbons (Fsp3) is 0.130. The molecule has 0 N–H and O–H groups in total. The summed E-state index contributed by atoms with van der Waals surface area (Å²) in [5, 5.41) is 0.458. The van der Waals surface area contributed by atoms with Gasteiger partial charge in [-0.05, 0) is 47.9 Å². The van der Waals surface area contributed by atoms with Crippen LogP contribution in [0.25, 0.3) is 5.57 Å². The summed E-state index contributed by atoms with van der Waals surface area (Å²) < 4.78 is 0. The molecule has 2 atom stereocenters. The molecule has 3 rings (SSSR count). The van der Waals surface area contributed by atoms with Crippen LogP contribution in [0.4, 0.5) is 0 Å². The first-order chi connectivity index (χ1) is 12.7. The van der Waals surface area contributed by atoms with Crippen LogP contribution in [0.15, 0.2) is 89.1 Å². The van der Waals surface area contributed by atoms with E-state index in [2.05, 4.69) is 65.7 Å². The van der Waals surface area contributed by atoms with Crippen LogP contribution < -0.4 is 0 Å². The zero-order valence-corrected chi connectivity index (χ0v) is 15.3. The molecule has 0 aromatic heterocycles. The van der Waals surface area contributed by atoms with Gasteiger partial charge in [0.05, 0.1) is 6.04 Å². The van der Waals surface area contributed by atoms with E-state index in [0.717, 1.165) is 16.7 Å². The monoisotopic (exact) mass is 358 g/mol. The van der Waals surface area contributed by atoms with Crippen LogP contribution in [-0.2, 0) is 0 Å². The van der Waals surface area contributed by atoms with E-state index in [1.807, 2.05) is 30.5 Å². The largest absolute Gasteiger partial charge is 0.281 e. The van der Waals surface area contributed by atoms with Crippen molar-refractivity contribution in [3.63, 3.8) is 0 Å². The van der Waals surface area contributed by atoms with Gasteiger partial charge in [0, 0.05) is 23.9 Å². The molecule has 3 heteroatoms. The van der Waals surface area contributed by atoms with Gasteiger partial charge in [-0.3, -0.25) is 4.99 Å². The SMILES string of the molecule is C=CC1C=C(c2ccc(C(C)C#CC3=C/C=C/C(Cl)=NC=C3)cc2)C=N1. The van der Waals surface area contributed by atoms with Gasteiger partial charge >= 0.3 is 0 Å². The Morgan fingerprint density at radius 2 is 2.04 bits per heavy atom. The number of rotatable bonds is 3. The summed E-state index contributed by atoms with van der Waals surface area (Å²) in [7, 11) is 0. The van der Waals surface area contributed by atoms with E-state index in [9.17, 15) is 0 Å². The van der Waals surface area contributed by atoms with E-state index in [1.54, 1.807) is 12.3 Å². The first kappa shape index (κ1) is 17.9. The first-order valence-electron chi connectivity index (χ1n) is 8.43. The smallest absolute Gasteiger partial charge is 0.129 e. The molecule has 2 aliphatic heterocycles. The summed E-state index contributed by atoms with van der Waals surface area (Å²) in [4.78, 5) is 8.44. The molecule has 0 saturated heterocycles. The van der Waals surface area contributed by atoms with Gasteiger partial charge in [0.2, 0.25) is 0 Å². The van der Waals surface area contributed by atoms with Crippen LogP contribution in [0.3, 0.4) is 0 Å². The standard InChI is InChI=1S/C23H19ClN2/c1-3-22-15-21(16-26-22)20-11-9-19(10-12-20)17(2)7-8-18-5-4-6-23(24)25-14-13-18/h3-6,9-17,22H,1H2,2H3/b5-4?,6-4+,14-13?,18-5?,18-13?,23-6?,25-14?,25-23?. The molecule has 0 radical (unpaired) electrons. The minimum atomic E-state index is 0.0906. The Balaban J connectivity index is 1.71. The average Bonchev–Trinajstić information content (AvgIpc) is 3.12. The third-order valence-corrected chi connectivity index (χ3v) is 4.34. The van der Waals surface area contributed by atoms with Crippen molar-refractivity contribution in [3.8, 4) is 11.8 Å². The Labute approximate surface area is 159 Å². The molecule has 0 aliphatic carbocycles. The van der Waals surface area contributed by atoms with Crippen molar-refractivity contribution in [3.05, 3.63) is 90.2 Å². The predicted molar refractivity (Wildman–Crippen MR) is 113 cm³/mol. The molecule has 26 heavy (non-hydrogen) atoms. The topological polar surface area (TPSA) is 24.7 Å². The fourth-order valence-electron chi connectivity index (χ4n) is 2.58. The van der Waals surface area contributed by atoms with E-state index in [4.69, 9.17) is 11.6 Å². The van der Waals surface area contributed by atoms with Crippen LogP contribution >= 0.6 is 11.6 Å². The van der Waals surface area contributed by atoms with Gasteiger partial charge in [-0.1, -0.05) is 59.9 Å². The molecule has 1 aromatic rings. The highest BCUT2D eigenvalue weighted by Crippen LogP contribution is 2.22. The molecule has 0 bridgehead atoms. The molecule has 2 unspecified atom stereocenters. The lowest BCUT2D eigenvalue weighted by Crippen LogP contribution is -1.92. The van der Waals surface area contributed by atoms with Crippen molar-refractivity contribution in [2.24, 2.45) is 9.98 Å². The molecule has 0 amide bonds. The third kappa shape index (κ3) is 4.59. The molecule has 2 heterocycles. The minimum Gasteiger partial charge on any atom is -0.281 e. The molecule has 128 valence electrons. The second-order valence-corrected chi connectivity index (χ2v) is 6.38. The lowest BCUT2D eigenvalue weighted by molar-refractivity contribution is 1.00. The van der Waals surface area contributed by atoms with Crippen molar-refractivity contribution >= 4 is 28.6 Å². The highest BCUT2D eigenvalue weighted by molar-refractivity contribution is 6.68. The van der Waals surface area contributed by atoms with Crippen LogP contribution in [0, 0.1) is 11.8 Å². The van der Waals surface area contributed by atoms with Gasteiger partial charge in [0.1, 0.15) is 5.17 Å². The number of allylic oxidation sites excluding steroid dienone is 6. The second-order valence-electron chi connectivity index (χ2n) is 5.99. The molecular weight excluding hydrogens is 340 g/mol. The van der Waals surface area contributed by atoms with Crippen LogP contribution in [0.5, 0.6) is 0 Å². The van der Waals surface area contributed by atoms with Crippen molar-refractivity contribution < 1.29 is 0 Å². The highest BCUT2D eigenvalue weighted by atomic mass is 35.5. The predicted octanol–water partition coefficient (Wildman–Crippen LogP) is 5.46. The third-order valence-electron chi connectivity index (χ3n) is 4.12. The maximum Gasteiger partial charge on any atom is 0.129 e. The first-order valence-corrected chi connectivity index (χ1v) is 8.81. The molecule has 2 nitrogen and oxygen atoms in total. The van der Waals surface area contributed by atoms with E-state index in [0.29, 0.717) is 5.17 Å². The summed E-state index contributed by atoms with van der Waals surface area (Å²) in [5.74, 6) is 6.63. The molecular formula is C23H19ClN2. The molecule has 1 aromatic carbocycles. The number of hydrogen-bond acceptors (Lipinski definition) is 2. The van der Waals surface area contributed by atoms with Crippen molar-refractivity contribution in [2.75, 3.05) is 0 Å². The summed E-state index contributed by atoms with van der Waals surface area (Å²) >= 11 is 5.85.